The molecule has 1 saturated carbocycles. The summed E-state index contributed by atoms with van der Waals surface area (Å²) in [6.45, 7) is 1.11. The van der Waals surface area contributed by atoms with Gasteiger partial charge in [-0.1, -0.05) is 23.5 Å². The number of rotatable bonds is 7. The van der Waals surface area contributed by atoms with Crippen LogP contribution in [0.1, 0.15) is 18.4 Å². The molecule has 3 heterocycles. The molecule has 4 aromatic rings. The zero-order chi connectivity index (χ0) is 18.9. The fourth-order valence-electron chi connectivity index (χ4n) is 3.34. The molecule has 0 atom stereocenters. The quantitative estimate of drug-likeness (QED) is 0.512. The molecule has 0 radical (unpaired) electrons. The van der Waals surface area contributed by atoms with Gasteiger partial charge in [0.15, 0.2) is 0 Å². The molecule has 3 aromatic heterocycles. The zero-order valence-electron chi connectivity index (χ0n) is 15.7. The number of pyridine rings is 1. The van der Waals surface area contributed by atoms with Gasteiger partial charge in [-0.05, 0) is 56.1 Å². The van der Waals surface area contributed by atoms with Gasteiger partial charge in [0.1, 0.15) is 0 Å². The van der Waals surface area contributed by atoms with Gasteiger partial charge in [0, 0.05) is 36.2 Å². The van der Waals surface area contributed by atoms with Crippen molar-refractivity contribution in [2.24, 2.45) is 0 Å². The maximum atomic E-state index is 4.67. The second-order valence-electron chi connectivity index (χ2n) is 7.29. The van der Waals surface area contributed by atoms with E-state index in [0.29, 0.717) is 0 Å². The van der Waals surface area contributed by atoms with Gasteiger partial charge < -0.3 is 10.2 Å². The molecule has 0 aliphatic heterocycles. The molecule has 0 saturated heterocycles. The Morgan fingerprint density at radius 2 is 2.18 bits per heavy atom. The number of hydrogen-bond acceptors (Lipinski definition) is 6. The maximum absolute atomic E-state index is 4.67. The number of fused-ring (bicyclic) bond motifs is 1. The third kappa shape index (κ3) is 3.76. The lowest BCUT2D eigenvalue weighted by Gasteiger charge is -2.15. The number of nitrogens with zero attached hydrogens (tertiary/aromatic N) is 5. The number of aromatic nitrogens is 4. The molecule has 0 spiro atoms. The summed E-state index contributed by atoms with van der Waals surface area (Å²) in [5, 5.41) is 8.89. The maximum Gasteiger partial charge on any atom is 0.214 e. The highest BCUT2D eigenvalue weighted by Crippen LogP contribution is 2.27. The minimum Gasteiger partial charge on any atom is -0.330 e. The van der Waals surface area contributed by atoms with E-state index in [1.165, 1.54) is 18.4 Å². The highest BCUT2D eigenvalue weighted by atomic mass is 32.1. The Hall–Kier alpha value is -2.77. The van der Waals surface area contributed by atoms with Crippen molar-refractivity contribution in [3.05, 3.63) is 60.6 Å². The summed E-state index contributed by atoms with van der Waals surface area (Å²) in [4.78, 5) is 12.2. The monoisotopic (exact) mass is 390 g/mol. The van der Waals surface area contributed by atoms with E-state index >= 15 is 0 Å². The van der Waals surface area contributed by atoms with Crippen molar-refractivity contribution in [3.63, 3.8) is 0 Å². The molecule has 1 fully saturated rings. The first kappa shape index (κ1) is 17.3. The molecule has 0 bridgehead atoms. The van der Waals surface area contributed by atoms with Crippen molar-refractivity contribution in [3.8, 4) is 11.3 Å². The third-order valence-electron chi connectivity index (χ3n) is 5.10. The fourth-order valence-corrected chi connectivity index (χ4v) is 4.14. The van der Waals surface area contributed by atoms with Crippen LogP contribution in [0.5, 0.6) is 0 Å². The van der Waals surface area contributed by atoms with Gasteiger partial charge in [0.25, 0.3) is 0 Å². The fraction of sp³-hybridized carbons (Fsp3) is 0.286. The van der Waals surface area contributed by atoms with Crippen molar-refractivity contribution in [1.82, 2.24) is 24.5 Å². The first-order valence-electron chi connectivity index (χ1n) is 9.57. The van der Waals surface area contributed by atoms with Gasteiger partial charge in [-0.2, -0.15) is 0 Å². The van der Waals surface area contributed by atoms with Crippen LogP contribution >= 0.6 is 11.3 Å². The van der Waals surface area contributed by atoms with Crippen LogP contribution in [0.25, 0.3) is 16.2 Å². The van der Waals surface area contributed by atoms with E-state index in [1.807, 2.05) is 29.0 Å². The Labute approximate surface area is 167 Å². The Balaban J connectivity index is 1.28. The smallest absolute Gasteiger partial charge is 0.214 e. The molecule has 1 aliphatic rings. The molecule has 6 nitrogen and oxygen atoms in total. The van der Waals surface area contributed by atoms with Crippen molar-refractivity contribution in [1.29, 1.82) is 0 Å². The highest BCUT2D eigenvalue weighted by molar-refractivity contribution is 7.20. The van der Waals surface area contributed by atoms with E-state index in [9.17, 15) is 0 Å². The summed E-state index contributed by atoms with van der Waals surface area (Å²) in [5.41, 5.74) is 4.30. The number of nitrogens with one attached hydrogen (secondary N) is 1. The van der Waals surface area contributed by atoms with Crippen LogP contribution in [0.3, 0.4) is 0 Å². The topological polar surface area (TPSA) is 58.4 Å². The summed E-state index contributed by atoms with van der Waals surface area (Å²) in [5.74, 6) is 0. The van der Waals surface area contributed by atoms with E-state index in [0.717, 1.165) is 46.0 Å². The van der Waals surface area contributed by atoms with Crippen LogP contribution in [0.15, 0.2) is 55.0 Å². The van der Waals surface area contributed by atoms with Gasteiger partial charge in [-0.3, -0.25) is 4.98 Å². The van der Waals surface area contributed by atoms with Crippen molar-refractivity contribution in [2.75, 3.05) is 18.9 Å². The number of anilines is 2. The number of likely N-dealkylation sites (N-methyl/N-ethyl adjacent to an activating group) is 1. The average Bonchev–Trinajstić information content (AvgIpc) is 3.40. The van der Waals surface area contributed by atoms with E-state index < -0.39 is 0 Å². The van der Waals surface area contributed by atoms with Crippen LogP contribution in [0, 0.1) is 0 Å². The molecular weight excluding hydrogens is 368 g/mol. The summed E-state index contributed by atoms with van der Waals surface area (Å²) >= 11 is 1.54. The molecular formula is C21H22N6S. The van der Waals surface area contributed by atoms with Crippen LogP contribution in [0.2, 0.25) is 0 Å². The van der Waals surface area contributed by atoms with Crippen LogP contribution in [0.4, 0.5) is 10.8 Å². The second-order valence-corrected chi connectivity index (χ2v) is 8.25. The van der Waals surface area contributed by atoms with Crippen molar-refractivity contribution >= 4 is 27.1 Å². The SMILES string of the molecule is CN(CCc1cccc(Nc2nn3cc(-c4cccnc4)nc3s2)c1)C1CC1. The Morgan fingerprint density at radius 1 is 1.25 bits per heavy atom. The predicted molar refractivity (Wildman–Crippen MR) is 113 cm³/mol. The summed E-state index contributed by atoms with van der Waals surface area (Å²) in [6, 6.07) is 13.3. The summed E-state index contributed by atoms with van der Waals surface area (Å²) < 4.78 is 1.82. The van der Waals surface area contributed by atoms with E-state index in [-0.39, 0.29) is 0 Å². The molecule has 7 heteroatoms. The largest absolute Gasteiger partial charge is 0.330 e. The molecule has 28 heavy (non-hydrogen) atoms. The van der Waals surface area contributed by atoms with Crippen LogP contribution in [-0.2, 0) is 6.42 Å². The standard InChI is InChI=1S/C21H22N6S/c1-26(18-7-8-18)11-9-15-4-2-6-17(12-15)23-20-25-27-14-19(24-21(27)28-20)16-5-3-10-22-13-16/h2-6,10,12-14,18H,7-9,11H2,1H3,(H,23,25). The minimum atomic E-state index is 0.810. The van der Waals surface area contributed by atoms with Gasteiger partial charge in [0.2, 0.25) is 10.1 Å². The molecule has 1 aliphatic carbocycles. The Morgan fingerprint density at radius 3 is 2.96 bits per heavy atom. The second kappa shape index (κ2) is 7.33. The Bertz CT molecular complexity index is 1050. The summed E-state index contributed by atoms with van der Waals surface area (Å²) in [7, 11) is 2.23. The molecule has 1 aromatic carbocycles. The lowest BCUT2D eigenvalue weighted by molar-refractivity contribution is 0.328. The highest BCUT2D eigenvalue weighted by Gasteiger charge is 2.25. The number of hydrogen-bond donors (Lipinski definition) is 1. The van der Waals surface area contributed by atoms with E-state index in [2.05, 4.69) is 56.6 Å². The van der Waals surface area contributed by atoms with Crippen LogP contribution < -0.4 is 5.32 Å². The molecule has 1 N–H and O–H groups in total. The lowest BCUT2D eigenvalue weighted by atomic mass is 10.1. The average molecular weight is 391 g/mol. The zero-order valence-corrected chi connectivity index (χ0v) is 16.6. The molecule has 142 valence electrons. The van der Waals surface area contributed by atoms with Crippen molar-refractivity contribution in [2.45, 2.75) is 25.3 Å². The molecule has 0 amide bonds. The van der Waals surface area contributed by atoms with E-state index in [4.69, 9.17) is 0 Å². The number of imidazole rings is 1. The van der Waals surface area contributed by atoms with Gasteiger partial charge in [0.05, 0.1) is 11.9 Å². The molecule has 5 rings (SSSR count). The van der Waals surface area contributed by atoms with Gasteiger partial charge in [-0.15, -0.1) is 5.10 Å². The van der Waals surface area contributed by atoms with Gasteiger partial charge in [-0.25, -0.2) is 9.50 Å². The summed E-state index contributed by atoms with van der Waals surface area (Å²) in [6.07, 6.45) is 9.30. The molecule has 0 unspecified atom stereocenters. The first-order valence-corrected chi connectivity index (χ1v) is 10.4. The normalized spacial score (nSPS) is 14.1. The van der Waals surface area contributed by atoms with E-state index in [1.54, 1.807) is 17.5 Å². The van der Waals surface area contributed by atoms with Gasteiger partial charge >= 0.3 is 0 Å². The number of benzene rings is 1. The predicted octanol–water partition coefficient (Wildman–Crippen LogP) is 4.23. The lowest BCUT2D eigenvalue weighted by Crippen LogP contribution is -2.23. The Kier molecular flexibility index (Phi) is 4.54. The first-order chi connectivity index (χ1) is 13.7. The minimum absolute atomic E-state index is 0.810. The van der Waals surface area contributed by atoms with Crippen molar-refractivity contribution < 1.29 is 0 Å². The third-order valence-corrected chi connectivity index (χ3v) is 5.94. The van der Waals surface area contributed by atoms with Crippen LogP contribution in [-0.4, -0.2) is 44.1 Å².